The molecule has 0 aliphatic heterocycles. The van der Waals surface area contributed by atoms with Crippen molar-refractivity contribution in [1.82, 2.24) is 0 Å². The fraction of sp³-hybridized carbons (Fsp3) is 0.0667. The molecule has 0 fully saturated rings. The van der Waals surface area contributed by atoms with Gasteiger partial charge in [-0.25, -0.2) is 4.79 Å². The molecule has 0 spiro atoms. The van der Waals surface area contributed by atoms with Gasteiger partial charge in [0, 0.05) is 0 Å². The zero-order chi connectivity index (χ0) is 15.9. The van der Waals surface area contributed by atoms with Crippen molar-refractivity contribution in [3.05, 3.63) is 50.6 Å². The molecule has 0 radical (unpaired) electrons. The lowest BCUT2D eigenvalue weighted by Crippen LogP contribution is -2.10. The summed E-state index contributed by atoms with van der Waals surface area (Å²) in [6.07, 6.45) is 0. The Labute approximate surface area is 133 Å². The molecule has 0 amide bonds. The Kier molecular flexibility index (Phi) is 3.68. The molecular formula is C15H8Cl2O5. The topological polar surface area (TPSA) is 76.7 Å². The first kappa shape index (κ1) is 14.7. The molecule has 0 aliphatic rings. The van der Waals surface area contributed by atoms with E-state index in [0.717, 1.165) is 0 Å². The fourth-order valence-corrected chi connectivity index (χ4v) is 2.58. The molecule has 0 atom stereocenters. The third-order valence-electron chi connectivity index (χ3n) is 3.07. The first-order valence-electron chi connectivity index (χ1n) is 6.17. The third kappa shape index (κ3) is 2.38. The minimum atomic E-state index is -1.14. The van der Waals surface area contributed by atoms with E-state index in [0.29, 0.717) is 5.39 Å². The SMILES string of the molecule is O=C(O)COc1ccc2c(=O)c3cccc(Cl)c3oc2c1Cl. The number of hydrogen-bond donors (Lipinski definition) is 1. The summed E-state index contributed by atoms with van der Waals surface area (Å²) in [5.74, 6) is -1.02. The van der Waals surface area contributed by atoms with Crippen molar-refractivity contribution in [3.8, 4) is 5.75 Å². The van der Waals surface area contributed by atoms with E-state index < -0.39 is 12.6 Å². The zero-order valence-electron chi connectivity index (χ0n) is 10.9. The number of para-hydroxylation sites is 1. The molecular weight excluding hydrogens is 331 g/mol. The average Bonchev–Trinajstić information content (AvgIpc) is 2.48. The summed E-state index contributed by atoms with van der Waals surface area (Å²) in [6, 6.07) is 7.76. The molecule has 22 heavy (non-hydrogen) atoms. The van der Waals surface area contributed by atoms with E-state index in [1.165, 1.54) is 12.1 Å². The van der Waals surface area contributed by atoms with Crippen molar-refractivity contribution in [1.29, 1.82) is 0 Å². The molecule has 0 unspecified atom stereocenters. The smallest absolute Gasteiger partial charge is 0.341 e. The van der Waals surface area contributed by atoms with Crippen molar-refractivity contribution in [2.45, 2.75) is 0 Å². The van der Waals surface area contributed by atoms with Crippen LogP contribution in [0, 0.1) is 0 Å². The molecule has 3 aromatic rings. The molecule has 7 heteroatoms. The van der Waals surface area contributed by atoms with Gasteiger partial charge in [0.05, 0.1) is 15.8 Å². The van der Waals surface area contributed by atoms with Gasteiger partial charge in [-0.15, -0.1) is 0 Å². The highest BCUT2D eigenvalue weighted by molar-refractivity contribution is 6.37. The quantitative estimate of drug-likeness (QED) is 0.736. The van der Waals surface area contributed by atoms with Crippen LogP contribution in [0.4, 0.5) is 0 Å². The van der Waals surface area contributed by atoms with Gasteiger partial charge in [0.25, 0.3) is 0 Å². The Morgan fingerprint density at radius 3 is 2.59 bits per heavy atom. The number of carboxylic acids is 1. The number of halogens is 2. The second-order valence-electron chi connectivity index (χ2n) is 4.48. The van der Waals surface area contributed by atoms with Gasteiger partial charge in [0.15, 0.2) is 17.8 Å². The maximum atomic E-state index is 12.5. The Balaban J connectivity index is 2.30. The van der Waals surface area contributed by atoms with Crippen LogP contribution in [0.1, 0.15) is 0 Å². The monoisotopic (exact) mass is 338 g/mol. The molecule has 1 aromatic heterocycles. The largest absolute Gasteiger partial charge is 0.480 e. The summed E-state index contributed by atoms with van der Waals surface area (Å²) in [5, 5.41) is 9.56. The number of aliphatic carboxylic acids is 1. The standard InChI is InChI=1S/C15H8Cl2O5/c16-9-3-1-2-7-13(20)8-4-5-10(21-6-11(18)19)12(17)15(8)22-14(7)9/h1-5H,6H2,(H,18,19). The van der Waals surface area contributed by atoms with Crippen molar-refractivity contribution in [2.24, 2.45) is 0 Å². The Bertz CT molecular complexity index is 961. The predicted molar refractivity (Wildman–Crippen MR) is 83.1 cm³/mol. The number of carbonyl (C=O) groups is 1. The van der Waals surface area contributed by atoms with Crippen LogP contribution in [0.2, 0.25) is 10.0 Å². The van der Waals surface area contributed by atoms with Gasteiger partial charge in [-0.3, -0.25) is 4.79 Å². The molecule has 1 heterocycles. The molecule has 0 saturated carbocycles. The normalized spacial score (nSPS) is 11.0. The third-order valence-corrected chi connectivity index (χ3v) is 3.73. The van der Waals surface area contributed by atoms with E-state index >= 15 is 0 Å². The molecule has 1 N–H and O–H groups in total. The van der Waals surface area contributed by atoms with Gasteiger partial charge >= 0.3 is 5.97 Å². The van der Waals surface area contributed by atoms with Gasteiger partial charge in [0.1, 0.15) is 10.8 Å². The second kappa shape index (κ2) is 5.51. The lowest BCUT2D eigenvalue weighted by molar-refractivity contribution is -0.139. The molecule has 2 aromatic carbocycles. The van der Waals surface area contributed by atoms with Gasteiger partial charge in [0.2, 0.25) is 5.43 Å². The van der Waals surface area contributed by atoms with Crippen LogP contribution in [0.25, 0.3) is 21.9 Å². The Hall–Kier alpha value is -2.24. The van der Waals surface area contributed by atoms with Crippen LogP contribution in [0.15, 0.2) is 39.5 Å². The number of benzene rings is 2. The highest BCUT2D eigenvalue weighted by atomic mass is 35.5. The van der Waals surface area contributed by atoms with Crippen LogP contribution in [0.5, 0.6) is 5.75 Å². The van der Waals surface area contributed by atoms with Crippen LogP contribution < -0.4 is 10.2 Å². The molecule has 0 saturated heterocycles. The fourth-order valence-electron chi connectivity index (χ4n) is 2.11. The van der Waals surface area contributed by atoms with Crippen molar-refractivity contribution in [2.75, 3.05) is 6.61 Å². The average molecular weight is 339 g/mol. The number of hydrogen-bond acceptors (Lipinski definition) is 4. The van der Waals surface area contributed by atoms with Crippen LogP contribution in [-0.2, 0) is 4.79 Å². The number of ether oxygens (including phenoxy) is 1. The van der Waals surface area contributed by atoms with Gasteiger partial charge < -0.3 is 14.3 Å². The van der Waals surface area contributed by atoms with Crippen molar-refractivity contribution < 1.29 is 19.1 Å². The minimum Gasteiger partial charge on any atom is -0.480 e. The Morgan fingerprint density at radius 2 is 1.86 bits per heavy atom. The maximum Gasteiger partial charge on any atom is 0.341 e. The first-order chi connectivity index (χ1) is 10.5. The van der Waals surface area contributed by atoms with E-state index in [1.807, 2.05) is 0 Å². The van der Waals surface area contributed by atoms with Gasteiger partial charge in [-0.1, -0.05) is 29.3 Å². The minimum absolute atomic E-state index is 0.0256. The summed E-state index contributed by atoms with van der Waals surface area (Å²) >= 11 is 12.2. The molecule has 0 bridgehead atoms. The maximum absolute atomic E-state index is 12.5. The Morgan fingerprint density at radius 1 is 1.14 bits per heavy atom. The number of rotatable bonds is 3. The van der Waals surface area contributed by atoms with E-state index in [2.05, 4.69) is 0 Å². The van der Waals surface area contributed by atoms with Crippen LogP contribution in [-0.4, -0.2) is 17.7 Å². The molecule has 5 nitrogen and oxygen atoms in total. The highest BCUT2D eigenvalue weighted by Crippen LogP contribution is 2.34. The number of carboxylic acid groups (broad SMARTS) is 1. The number of fused-ring (bicyclic) bond motifs is 2. The van der Waals surface area contributed by atoms with Crippen LogP contribution in [0.3, 0.4) is 0 Å². The summed E-state index contributed by atoms with van der Waals surface area (Å²) in [6.45, 7) is -0.552. The predicted octanol–water partition coefficient (Wildman–Crippen LogP) is 3.72. The van der Waals surface area contributed by atoms with Gasteiger partial charge in [-0.05, 0) is 24.3 Å². The van der Waals surface area contributed by atoms with Crippen molar-refractivity contribution in [3.63, 3.8) is 0 Å². The van der Waals surface area contributed by atoms with E-state index in [4.69, 9.17) is 37.5 Å². The lowest BCUT2D eigenvalue weighted by atomic mass is 10.1. The van der Waals surface area contributed by atoms with Crippen molar-refractivity contribution >= 4 is 51.1 Å². The molecule has 3 rings (SSSR count). The van der Waals surface area contributed by atoms with E-state index in [-0.39, 0.29) is 37.8 Å². The molecule has 0 aliphatic carbocycles. The van der Waals surface area contributed by atoms with E-state index in [1.54, 1.807) is 18.2 Å². The summed E-state index contributed by atoms with van der Waals surface area (Å²) in [4.78, 5) is 23.0. The van der Waals surface area contributed by atoms with Gasteiger partial charge in [-0.2, -0.15) is 0 Å². The zero-order valence-corrected chi connectivity index (χ0v) is 12.4. The highest BCUT2D eigenvalue weighted by Gasteiger charge is 2.16. The second-order valence-corrected chi connectivity index (χ2v) is 5.27. The lowest BCUT2D eigenvalue weighted by Gasteiger charge is -2.08. The summed E-state index contributed by atoms with van der Waals surface area (Å²) in [5.41, 5.74) is 0.0551. The summed E-state index contributed by atoms with van der Waals surface area (Å²) < 4.78 is 10.7. The molecule has 112 valence electrons. The van der Waals surface area contributed by atoms with Crippen LogP contribution >= 0.6 is 23.2 Å². The summed E-state index contributed by atoms with van der Waals surface area (Å²) in [7, 11) is 0. The first-order valence-corrected chi connectivity index (χ1v) is 6.93. The van der Waals surface area contributed by atoms with E-state index in [9.17, 15) is 9.59 Å².